The molecule has 144 valence electrons. The summed E-state index contributed by atoms with van der Waals surface area (Å²) < 4.78 is 27.6. The zero-order valence-electron chi connectivity index (χ0n) is 15.7. The fraction of sp³-hybridized carbons (Fsp3) is 0.632. The number of nitrogens with one attached hydrogen (secondary N) is 1. The van der Waals surface area contributed by atoms with E-state index in [1.54, 1.807) is 10.4 Å². The van der Waals surface area contributed by atoms with Crippen LogP contribution >= 0.6 is 12.2 Å². The quantitative estimate of drug-likeness (QED) is 0.798. The average Bonchev–Trinajstić information content (AvgIpc) is 2.64. The van der Waals surface area contributed by atoms with Crippen LogP contribution in [0.15, 0.2) is 23.1 Å². The van der Waals surface area contributed by atoms with Crippen LogP contribution in [0.4, 0.5) is 0 Å². The van der Waals surface area contributed by atoms with Crippen LogP contribution in [-0.4, -0.2) is 55.0 Å². The van der Waals surface area contributed by atoms with Gasteiger partial charge in [-0.2, -0.15) is 4.31 Å². The summed E-state index contributed by atoms with van der Waals surface area (Å²) in [5.74, 6) is 0. The standard InChI is InChI=1S/C19H29N3O2S2/c1-15-8-9-16(2)18(14-15)26(23,24)22-12-10-21(11-13-22)19(25)20-17-6-4-3-5-7-17/h8-9,14,17H,3-7,10-13H2,1-2H3,(H,20,25). The van der Waals surface area contributed by atoms with Crippen molar-refractivity contribution < 1.29 is 8.42 Å². The van der Waals surface area contributed by atoms with Crippen LogP contribution in [0.1, 0.15) is 43.2 Å². The summed E-state index contributed by atoms with van der Waals surface area (Å²) in [6.45, 7) is 6.01. The number of nitrogens with zero attached hydrogens (tertiary/aromatic N) is 2. The molecule has 1 N–H and O–H groups in total. The van der Waals surface area contributed by atoms with Crippen molar-refractivity contribution in [2.24, 2.45) is 0 Å². The van der Waals surface area contributed by atoms with Crippen LogP contribution in [0, 0.1) is 13.8 Å². The van der Waals surface area contributed by atoms with Crippen molar-refractivity contribution in [1.29, 1.82) is 0 Å². The van der Waals surface area contributed by atoms with Gasteiger partial charge in [0.25, 0.3) is 0 Å². The van der Waals surface area contributed by atoms with Gasteiger partial charge in [-0.3, -0.25) is 0 Å². The minimum Gasteiger partial charge on any atom is -0.360 e. The van der Waals surface area contributed by atoms with Crippen LogP contribution in [0.5, 0.6) is 0 Å². The van der Waals surface area contributed by atoms with Crippen molar-refractivity contribution in [3.05, 3.63) is 29.3 Å². The molecule has 1 aromatic rings. The van der Waals surface area contributed by atoms with E-state index in [1.807, 2.05) is 26.0 Å². The summed E-state index contributed by atoms with van der Waals surface area (Å²) in [5, 5.41) is 4.26. The van der Waals surface area contributed by atoms with E-state index in [2.05, 4.69) is 10.2 Å². The number of rotatable bonds is 3. The number of hydrogen-bond donors (Lipinski definition) is 1. The molecule has 7 heteroatoms. The molecule has 0 aromatic heterocycles. The molecule has 1 aromatic carbocycles. The van der Waals surface area contributed by atoms with E-state index in [9.17, 15) is 8.42 Å². The summed E-state index contributed by atoms with van der Waals surface area (Å²) in [6, 6.07) is 6.07. The third kappa shape index (κ3) is 4.38. The second-order valence-electron chi connectivity index (χ2n) is 7.44. The Labute approximate surface area is 162 Å². The van der Waals surface area contributed by atoms with Gasteiger partial charge in [0.15, 0.2) is 5.11 Å². The van der Waals surface area contributed by atoms with E-state index in [4.69, 9.17) is 12.2 Å². The number of piperazine rings is 1. The first-order valence-corrected chi connectivity index (χ1v) is 11.4. The summed E-state index contributed by atoms with van der Waals surface area (Å²) in [7, 11) is -3.45. The van der Waals surface area contributed by atoms with Crippen molar-refractivity contribution >= 4 is 27.4 Å². The molecule has 1 aliphatic heterocycles. The Balaban J connectivity index is 1.60. The van der Waals surface area contributed by atoms with Gasteiger partial charge in [0.05, 0.1) is 4.90 Å². The van der Waals surface area contributed by atoms with Gasteiger partial charge in [-0.15, -0.1) is 0 Å². The lowest BCUT2D eigenvalue weighted by Crippen LogP contribution is -2.54. The molecule has 2 aliphatic rings. The third-order valence-corrected chi connectivity index (χ3v) is 7.84. The van der Waals surface area contributed by atoms with Gasteiger partial charge in [-0.1, -0.05) is 31.4 Å². The van der Waals surface area contributed by atoms with E-state index in [-0.39, 0.29) is 0 Å². The zero-order valence-corrected chi connectivity index (χ0v) is 17.3. The van der Waals surface area contributed by atoms with Crippen molar-refractivity contribution in [3.8, 4) is 0 Å². The summed E-state index contributed by atoms with van der Waals surface area (Å²) in [5.41, 5.74) is 1.76. The first-order valence-electron chi connectivity index (χ1n) is 9.51. The molecule has 0 amide bonds. The maximum absolute atomic E-state index is 13.0. The van der Waals surface area contributed by atoms with Crippen molar-refractivity contribution in [2.45, 2.75) is 56.9 Å². The summed E-state index contributed by atoms with van der Waals surface area (Å²) in [6.07, 6.45) is 6.21. The SMILES string of the molecule is Cc1ccc(C)c(S(=O)(=O)N2CCN(C(=S)NC3CCCCC3)CC2)c1. The average molecular weight is 396 g/mol. The summed E-state index contributed by atoms with van der Waals surface area (Å²) >= 11 is 5.57. The Kier molecular flexibility index (Phi) is 6.20. The van der Waals surface area contributed by atoms with Gasteiger partial charge in [-0.05, 0) is 56.1 Å². The fourth-order valence-electron chi connectivity index (χ4n) is 3.77. The van der Waals surface area contributed by atoms with Gasteiger partial charge in [-0.25, -0.2) is 8.42 Å². The maximum Gasteiger partial charge on any atom is 0.243 e. The largest absolute Gasteiger partial charge is 0.360 e. The molecule has 0 unspecified atom stereocenters. The van der Waals surface area contributed by atoms with Gasteiger partial charge in [0.2, 0.25) is 10.0 Å². The molecule has 0 bridgehead atoms. The molecule has 26 heavy (non-hydrogen) atoms. The molecule has 3 rings (SSSR count). The molecule has 0 radical (unpaired) electrons. The van der Waals surface area contributed by atoms with Crippen molar-refractivity contribution in [2.75, 3.05) is 26.2 Å². The Bertz CT molecular complexity index is 750. The molecule has 2 fully saturated rings. The highest BCUT2D eigenvalue weighted by Gasteiger charge is 2.30. The third-order valence-electron chi connectivity index (χ3n) is 5.42. The predicted molar refractivity (Wildman–Crippen MR) is 109 cm³/mol. The monoisotopic (exact) mass is 395 g/mol. The highest BCUT2D eigenvalue weighted by atomic mass is 32.2. The normalized spacial score (nSPS) is 20.2. The van der Waals surface area contributed by atoms with Crippen molar-refractivity contribution in [3.63, 3.8) is 0 Å². The maximum atomic E-state index is 13.0. The lowest BCUT2D eigenvalue weighted by atomic mass is 9.96. The second-order valence-corrected chi connectivity index (χ2v) is 9.74. The molecule has 1 heterocycles. The molecule has 0 atom stereocenters. The molecule has 5 nitrogen and oxygen atoms in total. The molecule has 1 saturated heterocycles. The van der Waals surface area contributed by atoms with E-state index in [0.717, 1.165) is 16.2 Å². The minimum atomic E-state index is -3.45. The van der Waals surface area contributed by atoms with E-state index in [0.29, 0.717) is 37.1 Å². The first-order chi connectivity index (χ1) is 12.4. The fourth-order valence-corrected chi connectivity index (χ4v) is 5.85. The van der Waals surface area contributed by atoms with Gasteiger partial charge in [0, 0.05) is 32.2 Å². The minimum absolute atomic E-state index is 0.425. The highest BCUT2D eigenvalue weighted by Crippen LogP contribution is 2.23. The molecular formula is C19H29N3O2S2. The number of benzene rings is 1. The Hall–Kier alpha value is -1.18. The lowest BCUT2D eigenvalue weighted by molar-refractivity contribution is 0.259. The van der Waals surface area contributed by atoms with Gasteiger partial charge >= 0.3 is 0 Å². The Morgan fingerprint density at radius 3 is 2.38 bits per heavy atom. The Morgan fingerprint density at radius 1 is 1.08 bits per heavy atom. The zero-order chi connectivity index (χ0) is 18.7. The van der Waals surface area contributed by atoms with Crippen LogP contribution in [-0.2, 0) is 10.0 Å². The predicted octanol–water partition coefficient (Wildman–Crippen LogP) is 2.82. The molecular weight excluding hydrogens is 366 g/mol. The topological polar surface area (TPSA) is 52.7 Å². The lowest BCUT2D eigenvalue weighted by Gasteiger charge is -2.37. The van der Waals surface area contributed by atoms with Crippen molar-refractivity contribution in [1.82, 2.24) is 14.5 Å². The molecule has 0 spiro atoms. The van der Waals surface area contributed by atoms with Crippen LogP contribution in [0.3, 0.4) is 0 Å². The van der Waals surface area contributed by atoms with Gasteiger partial charge < -0.3 is 10.2 Å². The number of thiocarbonyl (C=S) groups is 1. The van der Waals surface area contributed by atoms with Crippen LogP contribution < -0.4 is 5.32 Å². The first kappa shape index (κ1) is 19.6. The van der Waals surface area contributed by atoms with Gasteiger partial charge in [0.1, 0.15) is 0 Å². The highest BCUT2D eigenvalue weighted by molar-refractivity contribution is 7.89. The van der Waals surface area contributed by atoms with E-state index < -0.39 is 10.0 Å². The summed E-state index contributed by atoms with van der Waals surface area (Å²) in [4.78, 5) is 2.54. The number of sulfonamides is 1. The van der Waals surface area contributed by atoms with E-state index >= 15 is 0 Å². The molecule has 1 aliphatic carbocycles. The smallest absolute Gasteiger partial charge is 0.243 e. The number of aryl methyl sites for hydroxylation is 2. The molecule has 1 saturated carbocycles. The van der Waals surface area contributed by atoms with E-state index in [1.165, 1.54) is 32.1 Å². The second kappa shape index (κ2) is 8.23. The number of hydrogen-bond acceptors (Lipinski definition) is 3. The van der Waals surface area contributed by atoms with Crippen LogP contribution in [0.25, 0.3) is 0 Å². The Morgan fingerprint density at radius 2 is 1.73 bits per heavy atom. The van der Waals surface area contributed by atoms with Crippen LogP contribution in [0.2, 0.25) is 0 Å².